The van der Waals surface area contributed by atoms with Gasteiger partial charge in [-0.25, -0.2) is 4.79 Å². The highest BCUT2D eigenvalue weighted by Crippen LogP contribution is 2.77. The highest BCUT2D eigenvalue weighted by atomic mass is 16.6. The predicted molar refractivity (Wildman–Crippen MR) is 101 cm³/mol. The standard InChI is InChI=1S/C23H32O5/c1-20-6-3-15(24)10-14(20)11-18-23(28-18)17(20)5-7-21(2)16(4-8-22(21,23)26)13-9-19(25)27-12-13/h9,14-18,24,26H,3-8,10-12H2,1-2H3. The second-order valence-corrected chi connectivity index (χ2v) is 11.1. The summed E-state index contributed by atoms with van der Waals surface area (Å²) in [6.07, 6.45) is 9.05. The lowest BCUT2D eigenvalue weighted by atomic mass is 9.43. The van der Waals surface area contributed by atoms with Crippen LogP contribution in [0.15, 0.2) is 11.6 Å². The zero-order chi connectivity index (χ0) is 19.5. The van der Waals surface area contributed by atoms with E-state index in [1.807, 2.05) is 0 Å². The van der Waals surface area contributed by atoms with E-state index in [1.165, 1.54) is 0 Å². The normalized spacial score (nSPS) is 59.5. The fourth-order valence-corrected chi connectivity index (χ4v) is 8.79. The van der Waals surface area contributed by atoms with E-state index in [0.29, 0.717) is 18.4 Å². The molecule has 154 valence electrons. The van der Waals surface area contributed by atoms with Crippen molar-refractivity contribution in [1.29, 1.82) is 0 Å². The number of ether oxygens (including phenoxy) is 2. The maximum absolute atomic E-state index is 12.3. The molecule has 9 unspecified atom stereocenters. The first kappa shape index (κ1) is 17.9. The van der Waals surface area contributed by atoms with Gasteiger partial charge in [-0.2, -0.15) is 0 Å². The number of hydrogen-bond donors (Lipinski definition) is 2. The van der Waals surface area contributed by atoms with Crippen molar-refractivity contribution in [3.05, 3.63) is 11.6 Å². The molecule has 2 N–H and O–H groups in total. The Morgan fingerprint density at radius 2 is 1.93 bits per heavy atom. The average molecular weight is 389 g/mol. The lowest BCUT2D eigenvalue weighted by molar-refractivity contribution is -0.203. The molecule has 0 aromatic carbocycles. The Labute approximate surface area is 166 Å². The van der Waals surface area contributed by atoms with Gasteiger partial charge >= 0.3 is 5.97 Å². The molecule has 4 saturated carbocycles. The van der Waals surface area contributed by atoms with Gasteiger partial charge in [0.2, 0.25) is 0 Å². The average Bonchev–Trinajstić information content (AvgIpc) is 3.09. The number of aliphatic hydroxyl groups is 2. The van der Waals surface area contributed by atoms with Crippen molar-refractivity contribution in [1.82, 2.24) is 0 Å². The molecule has 2 aliphatic heterocycles. The molecule has 1 saturated heterocycles. The largest absolute Gasteiger partial charge is 0.458 e. The monoisotopic (exact) mass is 388 g/mol. The second-order valence-electron chi connectivity index (χ2n) is 11.1. The first-order valence-electron chi connectivity index (χ1n) is 11.2. The van der Waals surface area contributed by atoms with E-state index < -0.39 is 11.2 Å². The minimum Gasteiger partial charge on any atom is -0.458 e. The summed E-state index contributed by atoms with van der Waals surface area (Å²) in [5.74, 6) is 0.817. The number of epoxide rings is 1. The van der Waals surface area contributed by atoms with Crippen LogP contribution in [0.5, 0.6) is 0 Å². The van der Waals surface area contributed by atoms with Crippen molar-refractivity contribution in [3.63, 3.8) is 0 Å². The molecule has 0 amide bonds. The Kier molecular flexibility index (Phi) is 3.34. The molecule has 5 fully saturated rings. The van der Waals surface area contributed by atoms with Crippen LogP contribution in [0.2, 0.25) is 0 Å². The number of fused-ring (bicyclic) bond motifs is 3. The number of aliphatic hydroxyl groups excluding tert-OH is 1. The number of cyclic esters (lactones) is 1. The van der Waals surface area contributed by atoms with Crippen molar-refractivity contribution in [2.75, 3.05) is 6.61 Å². The topological polar surface area (TPSA) is 79.3 Å². The van der Waals surface area contributed by atoms with Crippen LogP contribution in [0.4, 0.5) is 0 Å². The van der Waals surface area contributed by atoms with E-state index in [0.717, 1.165) is 56.9 Å². The maximum Gasteiger partial charge on any atom is 0.331 e. The zero-order valence-corrected chi connectivity index (χ0v) is 16.9. The molecule has 0 aromatic rings. The minimum atomic E-state index is -0.839. The van der Waals surface area contributed by atoms with E-state index >= 15 is 0 Å². The van der Waals surface area contributed by atoms with Crippen molar-refractivity contribution in [3.8, 4) is 0 Å². The van der Waals surface area contributed by atoms with Crippen molar-refractivity contribution in [2.24, 2.45) is 28.6 Å². The number of carbonyl (C=O) groups excluding carboxylic acids is 1. The highest BCUT2D eigenvalue weighted by Gasteiger charge is 2.84. The molecule has 0 aromatic heterocycles. The summed E-state index contributed by atoms with van der Waals surface area (Å²) >= 11 is 0. The molecule has 6 rings (SSSR count). The minimum absolute atomic E-state index is 0.125. The Morgan fingerprint density at radius 3 is 2.68 bits per heavy atom. The third-order valence-corrected chi connectivity index (χ3v) is 10.3. The maximum atomic E-state index is 12.3. The molecule has 9 atom stereocenters. The number of esters is 1. The van der Waals surface area contributed by atoms with Gasteiger partial charge in [-0.1, -0.05) is 13.8 Å². The number of carbonyl (C=O) groups is 1. The van der Waals surface area contributed by atoms with E-state index in [2.05, 4.69) is 13.8 Å². The van der Waals surface area contributed by atoms with Gasteiger partial charge < -0.3 is 19.7 Å². The molecule has 5 nitrogen and oxygen atoms in total. The van der Waals surface area contributed by atoms with Gasteiger partial charge in [0.25, 0.3) is 0 Å². The fourth-order valence-electron chi connectivity index (χ4n) is 8.79. The summed E-state index contributed by atoms with van der Waals surface area (Å²) in [4.78, 5) is 11.7. The van der Waals surface area contributed by atoms with Gasteiger partial charge in [0, 0.05) is 11.5 Å². The first-order valence-corrected chi connectivity index (χ1v) is 11.2. The van der Waals surface area contributed by atoms with Gasteiger partial charge in [0.15, 0.2) is 0 Å². The van der Waals surface area contributed by atoms with Gasteiger partial charge in [-0.15, -0.1) is 0 Å². The lowest BCUT2D eigenvalue weighted by Crippen LogP contribution is -2.68. The van der Waals surface area contributed by atoms with Crippen LogP contribution in [0.3, 0.4) is 0 Å². The predicted octanol–water partition coefficient (Wildman–Crippen LogP) is 2.74. The van der Waals surface area contributed by atoms with Crippen LogP contribution in [0, 0.1) is 28.6 Å². The lowest BCUT2D eigenvalue weighted by Gasteiger charge is -2.62. The quantitative estimate of drug-likeness (QED) is 0.533. The fraction of sp³-hybridized carbons (Fsp3) is 0.870. The smallest absolute Gasteiger partial charge is 0.331 e. The van der Waals surface area contributed by atoms with Gasteiger partial charge in [0.05, 0.1) is 12.2 Å². The van der Waals surface area contributed by atoms with Crippen LogP contribution in [-0.2, 0) is 14.3 Å². The van der Waals surface area contributed by atoms with Crippen LogP contribution >= 0.6 is 0 Å². The third-order valence-electron chi connectivity index (χ3n) is 10.3. The van der Waals surface area contributed by atoms with Gasteiger partial charge in [0.1, 0.15) is 17.8 Å². The third kappa shape index (κ3) is 1.83. The zero-order valence-electron chi connectivity index (χ0n) is 16.9. The summed E-state index contributed by atoms with van der Waals surface area (Å²) in [7, 11) is 0. The molecular weight excluding hydrogens is 356 g/mol. The van der Waals surface area contributed by atoms with Crippen LogP contribution in [0.1, 0.15) is 65.2 Å². The molecule has 5 heteroatoms. The highest BCUT2D eigenvalue weighted by molar-refractivity contribution is 5.85. The van der Waals surface area contributed by atoms with Crippen LogP contribution < -0.4 is 0 Å². The molecule has 1 spiro atoms. The first-order chi connectivity index (χ1) is 13.2. The van der Waals surface area contributed by atoms with E-state index in [-0.39, 0.29) is 34.9 Å². The molecule has 4 aliphatic carbocycles. The molecule has 2 heterocycles. The number of rotatable bonds is 1. The van der Waals surface area contributed by atoms with E-state index in [1.54, 1.807) is 6.08 Å². The van der Waals surface area contributed by atoms with E-state index in [9.17, 15) is 15.0 Å². The van der Waals surface area contributed by atoms with Gasteiger partial charge in [-0.3, -0.25) is 0 Å². The number of hydrogen-bond acceptors (Lipinski definition) is 5. The Bertz CT molecular complexity index is 777. The summed E-state index contributed by atoms with van der Waals surface area (Å²) in [6.45, 7) is 5.02. The van der Waals surface area contributed by atoms with Crippen molar-refractivity contribution < 1.29 is 24.5 Å². The molecule has 6 aliphatic rings. The molecule has 0 bridgehead atoms. The van der Waals surface area contributed by atoms with E-state index in [4.69, 9.17) is 9.47 Å². The van der Waals surface area contributed by atoms with Crippen LogP contribution in [-0.4, -0.2) is 46.2 Å². The summed E-state index contributed by atoms with van der Waals surface area (Å²) < 4.78 is 11.7. The molecular formula is C23H32O5. The SMILES string of the molecule is CC12CCC(O)CC1CC1OC13C2CCC1(C)C(C2=CC(=O)OC2)CCC13O. The Hall–Kier alpha value is -0.910. The summed E-state index contributed by atoms with van der Waals surface area (Å²) in [5, 5.41) is 22.5. The summed E-state index contributed by atoms with van der Waals surface area (Å²) in [6, 6.07) is 0. The van der Waals surface area contributed by atoms with Crippen molar-refractivity contribution in [2.45, 2.75) is 88.6 Å². The second kappa shape index (κ2) is 5.22. The van der Waals surface area contributed by atoms with Gasteiger partial charge in [-0.05, 0) is 80.1 Å². The van der Waals surface area contributed by atoms with Crippen LogP contribution in [0.25, 0.3) is 0 Å². The van der Waals surface area contributed by atoms with Crippen molar-refractivity contribution >= 4 is 5.97 Å². The Morgan fingerprint density at radius 1 is 1.11 bits per heavy atom. The Balaban J connectivity index is 1.39. The molecule has 0 radical (unpaired) electrons. The molecule has 28 heavy (non-hydrogen) atoms. The summed E-state index contributed by atoms with van der Waals surface area (Å²) in [5.41, 5.74) is -0.319.